The predicted octanol–water partition coefficient (Wildman–Crippen LogP) is 1.96. The van der Waals surface area contributed by atoms with Gasteiger partial charge in [-0.15, -0.1) is 0 Å². The highest BCUT2D eigenvalue weighted by Crippen LogP contribution is 2.22. The minimum absolute atomic E-state index is 0.210. The Labute approximate surface area is 125 Å². The Morgan fingerprint density at radius 1 is 1.38 bits per heavy atom. The predicted molar refractivity (Wildman–Crippen MR) is 81.4 cm³/mol. The number of imidazole rings is 1. The van der Waals surface area contributed by atoms with E-state index in [9.17, 15) is 4.79 Å². The van der Waals surface area contributed by atoms with Crippen LogP contribution < -0.4 is 5.32 Å². The van der Waals surface area contributed by atoms with Gasteiger partial charge in [-0.05, 0) is 38.1 Å². The molecular formula is C16H22N4O. The van der Waals surface area contributed by atoms with Gasteiger partial charge in [0, 0.05) is 44.5 Å². The van der Waals surface area contributed by atoms with Crippen molar-refractivity contribution < 1.29 is 4.79 Å². The molecule has 0 atom stereocenters. The van der Waals surface area contributed by atoms with E-state index in [0.29, 0.717) is 18.9 Å². The van der Waals surface area contributed by atoms with E-state index in [-0.39, 0.29) is 5.78 Å². The van der Waals surface area contributed by atoms with Crippen molar-refractivity contribution in [3.63, 3.8) is 0 Å². The van der Waals surface area contributed by atoms with Crippen LogP contribution >= 0.6 is 0 Å². The van der Waals surface area contributed by atoms with E-state index in [2.05, 4.69) is 14.9 Å². The monoisotopic (exact) mass is 286 g/mol. The highest BCUT2D eigenvalue weighted by Gasteiger charge is 2.20. The van der Waals surface area contributed by atoms with Crippen LogP contribution in [-0.4, -0.2) is 33.0 Å². The number of piperidine rings is 1. The maximum absolute atomic E-state index is 12.5. The van der Waals surface area contributed by atoms with Gasteiger partial charge in [0.1, 0.15) is 5.82 Å². The second-order valence-electron chi connectivity index (χ2n) is 5.66. The van der Waals surface area contributed by atoms with E-state index in [1.165, 1.54) is 0 Å². The maximum Gasteiger partial charge on any atom is 0.179 e. The van der Waals surface area contributed by atoms with Gasteiger partial charge in [-0.3, -0.25) is 4.79 Å². The van der Waals surface area contributed by atoms with Crippen LogP contribution in [0.15, 0.2) is 30.7 Å². The lowest BCUT2D eigenvalue weighted by atomic mass is 10.1. The van der Waals surface area contributed by atoms with E-state index < -0.39 is 0 Å². The molecule has 5 heteroatoms. The quantitative estimate of drug-likeness (QED) is 0.855. The smallest absolute Gasteiger partial charge is 0.179 e. The van der Waals surface area contributed by atoms with Crippen molar-refractivity contribution in [1.29, 1.82) is 0 Å². The Morgan fingerprint density at radius 3 is 2.90 bits per heavy atom. The van der Waals surface area contributed by atoms with E-state index in [1.54, 1.807) is 6.20 Å². The second kappa shape index (κ2) is 6.26. The highest BCUT2D eigenvalue weighted by molar-refractivity contribution is 5.94. The van der Waals surface area contributed by atoms with Gasteiger partial charge in [0.15, 0.2) is 5.78 Å². The molecule has 5 nitrogen and oxygen atoms in total. The number of hydrogen-bond donors (Lipinski definition) is 1. The number of carbonyl (C=O) groups is 1. The fourth-order valence-electron chi connectivity index (χ4n) is 3.02. The number of nitrogens with zero attached hydrogens (tertiary/aromatic N) is 3. The number of nitrogens with one attached hydrogen (secondary N) is 1. The third-order valence-electron chi connectivity index (χ3n) is 4.26. The topological polar surface area (TPSA) is 51.9 Å². The van der Waals surface area contributed by atoms with Gasteiger partial charge in [0.25, 0.3) is 0 Å². The number of carbonyl (C=O) groups excluding carboxylic acids is 1. The van der Waals surface area contributed by atoms with Crippen molar-refractivity contribution in [3.8, 4) is 0 Å². The fraction of sp³-hybridized carbons (Fsp3) is 0.500. The third kappa shape index (κ3) is 3.08. The molecule has 2 aromatic rings. The van der Waals surface area contributed by atoms with Gasteiger partial charge in [0.2, 0.25) is 0 Å². The van der Waals surface area contributed by atoms with Crippen LogP contribution in [0.1, 0.15) is 41.6 Å². The summed E-state index contributed by atoms with van der Waals surface area (Å²) in [6.45, 7) is 2.06. The molecular weight excluding hydrogens is 264 g/mol. The lowest BCUT2D eigenvalue weighted by Gasteiger charge is -2.25. The van der Waals surface area contributed by atoms with E-state index >= 15 is 0 Å². The number of Topliss-reactive ketones (excluding diaryl/α,β-unsaturated/α-hetero) is 1. The van der Waals surface area contributed by atoms with Crippen molar-refractivity contribution in [2.24, 2.45) is 7.05 Å². The molecule has 2 aromatic heterocycles. The molecule has 0 amide bonds. The van der Waals surface area contributed by atoms with Crippen LogP contribution in [0, 0.1) is 0 Å². The van der Waals surface area contributed by atoms with Crippen molar-refractivity contribution in [1.82, 2.24) is 19.4 Å². The Kier molecular flexibility index (Phi) is 4.20. The van der Waals surface area contributed by atoms with Crippen LogP contribution in [0.3, 0.4) is 0 Å². The van der Waals surface area contributed by atoms with Gasteiger partial charge >= 0.3 is 0 Å². The lowest BCUT2D eigenvalue weighted by molar-refractivity contribution is 0.0969. The molecule has 3 heterocycles. The number of hydrogen-bond acceptors (Lipinski definition) is 3. The zero-order chi connectivity index (χ0) is 14.7. The Bertz CT molecular complexity index is 607. The average Bonchev–Trinajstić information content (AvgIpc) is 3.15. The van der Waals surface area contributed by atoms with Crippen LogP contribution in [0.5, 0.6) is 0 Å². The molecule has 0 radical (unpaired) electrons. The average molecular weight is 286 g/mol. The first kappa shape index (κ1) is 14.1. The summed E-state index contributed by atoms with van der Waals surface area (Å²) in [6, 6.07) is 4.38. The first-order valence-corrected chi connectivity index (χ1v) is 7.62. The van der Waals surface area contributed by atoms with Crippen molar-refractivity contribution in [2.75, 3.05) is 13.1 Å². The standard InChI is InChI=1S/C16H22N4O/c1-19-12-10-18-16(19)5-4-15(21)14-3-2-11-20(14)13-6-8-17-9-7-13/h2-3,10-13,17H,4-9H2,1H3. The van der Waals surface area contributed by atoms with Gasteiger partial charge in [0.05, 0.1) is 5.69 Å². The zero-order valence-corrected chi connectivity index (χ0v) is 12.5. The summed E-state index contributed by atoms with van der Waals surface area (Å²) in [4.78, 5) is 16.8. The lowest BCUT2D eigenvalue weighted by Crippen LogP contribution is -2.30. The molecule has 0 aliphatic carbocycles. The fourth-order valence-corrected chi connectivity index (χ4v) is 3.02. The van der Waals surface area contributed by atoms with Crippen molar-refractivity contribution >= 4 is 5.78 Å². The van der Waals surface area contributed by atoms with Crippen molar-refractivity contribution in [3.05, 3.63) is 42.2 Å². The molecule has 1 saturated heterocycles. The van der Waals surface area contributed by atoms with Gasteiger partial charge < -0.3 is 14.5 Å². The molecule has 0 bridgehead atoms. The molecule has 1 fully saturated rings. The number of aromatic nitrogens is 3. The molecule has 0 spiro atoms. The van der Waals surface area contributed by atoms with E-state index in [0.717, 1.165) is 37.4 Å². The molecule has 1 N–H and O–H groups in total. The number of ketones is 1. The van der Waals surface area contributed by atoms with E-state index in [4.69, 9.17) is 0 Å². The number of rotatable bonds is 5. The first-order chi connectivity index (χ1) is 10.3. The molecule has 3 rings (SSSR count). The largest absolute Gasteiger partial charge is 0.342 e. The molecule has 1 aliphatic heterocycles. The Morgan fingerprint density at radius 2 is 2.19 bits per heavy atom. The van der Waals surface area contributed by atoms with Crippen LogP contribution in [0.2, 0.25) is 0 Å². The van der Waals surface area contributed by atoms with Crippen LogP contribution in [0.25, 0.3) is 0 Å². The third-order valence-corrected chi connectivity index (χ3v) is 4.26. The van der Waals surface area contributed by atoms with Crippen molar-refractivity contribution in [2.45, 2.75) is 31.7 Å². The summed E-state index contributed by atoms with van der Waals surface area (Å²) in [5, 5.41) is 3.37. The minimum Gasteiger partial charge on any atom is -0.342 e. The van der Waals surface area contributed by atoms with Gasteiger partial charge in [-0.1, -0.05) is 0 Å². The minimum atomic E-state index is 0.210. The molecule has 112 valence electrons. The van der Waals surface area contributed by atoms with Gasteiger partial charge in [-0.2, -0.15) is 0 Å². The summed E-state index contributed by atoms with van der Waals surface area (Å²) < 4.78 is 4.14. The summed E-state index contributed by atoms with van der Waals surface area (Å²) in [7, 11) is 1.96. The Hall–Kier alpha value is -1.88. The van der Waals surface area contributed by atoms with Gasteiger partial charge in [-0.25, -0.2) is 4.98 Å². The number of aryl methyl sites for hydroxylation is 2. The SMILES string of the molecule is Cn1ccnc1CCC(=O)c1cccn1C1CCNCC1. The Balaban J connectivity index is 1.67. The molecule has 0 unspecified atom stereocenters. The summed E-state index contributed by atoms with van der Waals surface area (Å²) in [6.07, 6.45) is 9.13. The van der Waals surface area contributed by atoms with E-state index in [1.807, 2.05) is 36.1 Å². The molecule has 1 aliphatic rings. The highest BCUT2D eigenvalue weighted by atomic mass is 16.1. The summed E-state index contributed by atoms with van der Waals surface area (Å²) in [5.74, 6) is 1.17. The van der Waals surface area contributed by atoms with Crippen LogP contribution in [0.4, 0.5) is 0 Å². The second-order valence-corrected chi connectivity index (χ2v) is 5.66. The summed E-state index contributed by atoms with van der Waals surface area (Å²) >= 11 is 0. The zero-order valence-electron chi connectivity index (χ0n) is 12.5. The molecule has 21 heavy (non-hydrogen) atoms. The normalized spacial score (nSPS) is 16.2. The molecule has 0 aromatic carbocycles. The van der Waals surface area contributed by atoms with Crippen LogP contribution in [-0.2, 0) is 13.5 Å². The molecule has 0 saturated carbocycles. The first-order valence-electron chi connectivity index (χ1n) is 7.62. The maximum atomic E-state index is 12.5. The summed E-state index contributed by atoms with van der Waals surface area (Å²) in [5.41, 5.74) is 0.844.